The van der Waals surface area contributed by atoms with E-state index >= 15 is 0 Å². The maximum absolute atomic E-state index is 11.5. The molecule has 0 fully saturated rings. The van der Waals surface area contributed by atoms with Gasteiger partial charge in [-0.05, 0) is 13.3 Å². The third-order valence-corrected chi connectivity index (χ3v) is 2.69. The van der Waals surface area contributed by atoms with E-state index in [2.05, 4.69) is 15.3 Å². The van der Waals surface area contributed by atoms with E-state index in [1.54, 1.807) is 13.3 Å². The lowest BCUT2D eigenvalue weighted by molar-refractivity contribution is 0.0190. The monoisotopic (exact) mass is 245 g/mol. The van der Waals surface area contributed by atoms with Gasteiger partial charge in [-0.2, -0.15) is 0 Å². The van der Waals surface area contributed by atoms with Crippen molar-refractivity contribution in [2.24, 2.45) is 0 Å². The molecule has 7 heteroatoms. The van der Waals surface area contributed by atoms with Gasteiger partial charge in [0, 0.05) is 12.7 Å². The predicted octanol–water partition coefficient (Wildman–Crippen LogP) is -0.895. The number of hydrogen-bond acceptors (Lipinski definition) is 6. The summed E-state index contributed by atoms with van der Waals surface area (Å²) in [5, 5.41) is 22.4. The second-order valence-electron chi connectivity index (χ2n) is 3.25. The lowest BCUT2D eigenvalue weighted by atomic mass is 10.1. The van der Waals surface area contributed by atoms with Crippen LogP contribution in [-0.4, -0.2) is 46.1 Å². The van der Waals surface area contributed by atoms with Crippen molar-refractivity contribution in [2.75, 3.05) is 19.8 Å². The van der Waals surface area contributed by atoms with Crippen LogP contribution in [0.4, 0.5) is 0 Å². The molecule has 2 unspecified atom stereocenters. The average molecular weight is 245 g/mol. The molecule has 1 aromatic heterocycles. The zero-order valence-electron chi connectivity index (χ0n) is 9.10. The minimum Gasteiger partial charge on any atom is -0.389 e. The first kappa shape index (κ1) is 13.2. The summed E-state index contributed by atoms with van der Waals surface area (Å²) in [6.07, 6.45) is 0.797. The van der Waals surface area contributed by atoms with E-state index in [1.807, 2.05) is 0 Å². The van der Waals surface area contributed by atoms with Crippen LogP contribution in [0.2, 0.25) is 0 Å². The standard InChI is InChI=1S/C9H15N3O3S/c1-10-4-6(13)7(14)5-3-11-9(16-2)12-8(5)15/h3,6-7,10,13-14H,4H2,1-2H3,(H,11,12,15). The van der Waals surface area contributed by atoms with E-state index in [9.17, 15) is 15.0 Å². The Labute approximate surface area is 97.1 Å². The lowest BCUT2D eigenvalue weighted by Gasteiger charge is -2.16. The van der Waals surface area contributed by atoms with Crippen LogP contribution in [0.1, 0.15) is 11.7 Å². The highest BCUT2D eigenvalue weighted by Gasteiger charge is 2.21. The Morgan fingerprint density at radius 3 is 2.81 bits per heavy atom. The van der Waals surface area contributed by atoms with E-state index < -0.39 is 17.8 Å². The van der Waals surface area contributed by atoms with Crippen molar-refractivity contribution in [3.63, 3.8) is 0 Å². The predicted molar refractivity (Wildman–Crippen MR) is 61.5 cm³/mol. The van der Waals surface area contributed by atoms with Crippen molar-refractivity contribution in [1.82, 2.24) is 15.3 Å². The number of likely N-dealkylation sites (N-methyl/N-ethyl adjacent to an activating group) is 1. The minimum atomic E-state index is -1.24. The first-order valence-corrected chi connectivity index (χ1v) is 5.96. The Morgan fingerprint density at radius 1 is 1.62 bits per heavy atom. The van der Waals surface area contributed by atoms with Gasteiger partial charge in [-0.1, -0.05) is 11.8 Å². The highest BCUT2D eigenvalue weighted by atomic mass is 32.2. The SMILES string of the molecule is CNCC(O)C(O)c1cnc(SC)[nH]c1=O. The van der Waals surface area contributed by atoms with Crippen molar-refractivity contribution in [3.8, 4) is 0 Å². The molecule has 0 bridgehead atoms. The zero-order valence-corrected chi connectivity index (χ0v) is 9.91. The number of nitrogens with one attached hydrogen (secondary N) is 2. The van der Waals surface area contributed by atoms with Crippen LogP contribution in [0, 0.1) is 0 Å². The molecule has 0 aliphatic rings. The second-order valence-corrected chi connectivity index (χ2v) is 4.04. The van der Waals surface area contributed by atoms with Gasteiger partial charge >= 0.3 is 0 Å². The van der Waals surface area contributed by atoms with Gasteiger partial charge < -0.3 is 20.5 Å². The lowest BCUT2D eigenvalue weighted by Crippen LogP contribution is -2.32. The summed E-state index contributed by atoms with van der Waals surface area (Å²) in [4.78, 5) is 18.0. The van der Waals surface area contributed by atoms with Gasteiger partial charge in [0.05, 0.1) is 11.7 Å². The molecule has 0 aliphatic heterocycles. The number of nitrogens with zero attached hydrogens (tertiary/aromatic N) is 1. The largest absolute Gasteiger partial charge is 0.389 e. The summed E-state index contributed by atoms with van der Waals surface area (Å²) in [6, 6.07) is 0. The summed E-state index contributed by atoms with van der Waals surface area (Å²) in [6.45, 7) is 0.199. The molecule has 16 heavy (non-hydrogen) atoms. The topological polar surface area (TPSA) is 98.2 Å². The van der Waals surface area contributed by atoms with E-state index in [0.29, 0.717) is 5.16 Å². The Bertz CT molecular complexity index is 396. The molecular weight excluding hydrogens is 230 g/mol. The van der Waals surface area contributed by atoms with Crippen LogP contribution in [0.3, 0.4) is 0 Å². The summed E-state index contributed by atoms with van der Waals surface area (Å²) in [5.74, 6) is 0. The van der Waals surface area contributed by atoms with E-state index in [-0.39, 0.29) is 12.1 Å². The highest BCUT2D eigenvalue weighted by molar-refractivity contribution is 7.98. The average Bonchev–Trinajstić information content (AvgIpc) is 2.28. The number of aromatic nitrogens is 2. The molecule has 1 heterocycles. The molecule has 0 spiro atoms. The molecule has 0 amide bonds. The number of hydrogen-bond donors (Lipinski definition) is 4. The molecule has 0 radical (unpaired) electrons. The summed E-state index contributed by atoms with van der Waals surface area (Å²) in [5.41, 5.74) is -0.359. The van der Waals surface area contributed by atoms with Gasteiger partial charge in [-0.3, -0.25) is 4.79 Å². The molecule has 0 saturated heterocycles. The van der Waals surface area contributed by atoms with Crippen LogP contribution in [0.15, 0.2) is 16.1 Å². The van der Waals surface area contributed by atoms with Crippen LogP contribution in [-0.2, 0) is 0 Å². The van der Waals surface area contributed by atoms with Gasteiger partial charge in [0.2, 0.25) is 0 Å². The second kappa shape index (κ2) is 6.00. The van der Waals surface area contributed by atoms with Crippen LogP contribution in [0.25, 0.3) is 0 Å². The van der Waals surface area contributed by atoms with Crippen molar-refractivity contribution in [1.29, 1.82) is 0 Å². The zero-order chi connectivity index (χ0) is 12.1. The number of rotatable bonds is 5. The van der Waals surface area contributed by atoms with Gasteiger partial charge in [0.25, 0.3) is 5.56 Å². The summed E-state index contributed by atoms with van der Waals surface area (Å²) in [7, 11) is 1.65. The summed E-state index contributed by atoms with van der Waals surface area (Å²) < 4.78 is 0. The summed E-state index contributed by atoms with van der Waals surface area (Å²) >= 11 is 1.30. The molecule has 0 aromatic carbocycles. The van der Waals surface area contributed by atoms with Crippen LogP contribution >= 0.6 is 11.8 Å². The van der Waals surface area contributed by atoms with Crippen LogP contribution in [0.5, 0.6) is 0 Å². The molecular formula is C9H15N3O3S. The van der Waals surface area contributed by atoms with E-state index in [0.717, 1.165) is 0 Å². The van der Waals surface area contributed by atoms with Crippen molar-refractivity contribution < 1.29 is 10.2 Å². The first-order valence-electron chi connectivity index (χ1n) is 4.74. The fourth-order valence-corrected chi connectivity index (χ4v) is 1.58. The van der Waals surface area contributed by atoms with Crippen molar-refractivity contribution in [2.45, 2.75) is 17.4 Å². The normalized spacial score (nSPS) is 14.8. The molecule has 4 N–H and O–H groups in total. The van der Waals surface area contributed by atoms with E-state index in [4.69, 9.17) is 0 Å². The number of thioether (sulfide) groups is 1. The molecule has 0 saturated carbocycles. The minimum absolute atomic E-state index is 0.0700. The van der Waals surface area contributed by atoms with Gasteiger partial charge in [0.15, 0.2) is 5.16 Å². The number of aliphatic hydroxyl groups excluding tert-OH is 2. The smallest absolute Gasteiger partial charge is 0.257 e. The Balaban J connectivity index is 2.91. The fraction of sp³-hybridized carbons (Fsp3) is 0.556. The van der Waals surface area contributed by atoms with Gasteiger partial charge in [0.1, 0.15) is 6.10 Å². The van der Waals surface area contributed by atoms with Gasteiger partial charge in [-0.25, -0.2) is 4.98 Å². The molecule has 0 aliphatic carbocycles. The Morgan fingerprint density at radius 2 is 2.31 bits per heavy atom. The van der Waals surface area contributed by atoms with Gasteiger partial charge in [-0.15, -0.1) is 0 Å². The fourth-order valence-electron chi connectivity index (χ4n) is 1.23. The maximum atomic E-state index is 11.5. The molecule has 1 rings (SSSR count). The molecule has 2 atom stereocenters. The quantitative estimate of drug-likeness (QED) is 0.397. The molecule has 90 valence electrons. The number of aliphatic hydroxyl groups is 2. The molecule has 1 aromatic rings. The third-order valence-electron chi connectivity index (χ3n) is 2.09. The maximum Gasteiger partial charge on any atom is 0.257 e. The van der Waals surface area contributed by atoms with Crippen LogP contribution < -0.4 is 10.9 Å². The van der Waals surface area contributed by atoms with Crippen molar-refractivity contribution in [3.05, 3.63) is 22.1 Å². The number of H-pyrrole nitrogens is 1. The van der Waals surface area contributed by atoms with E-state index in [1.165, 1.54) is 18.0 Å². The Kier molecular flexibility index (Phi) is 4.94. The third kappa shape index (κ3) is 3.05. The highest BCUT2D eigenvalue weighted by Crippen LogP contribution is 2.13. The number of aromatic amines is 1. The Hall–Kier alpha value is -0.890. The molecule has 6 nitrogen and oxygen atoms in total. The first-order chi connectivity index (χ1) is 7.60. The van der Waals surface area contributed by atoms with Crippen molar-refractivity contribution >= 4 is 11.8 Å².